The second-order valence-corrected chi connectivity index (χ2v) is 9.02. The third kappa shape index (κ3) is 5.70. The number of amides is 2. The number of benzene rings is 2. The molecule has 176 valence electrons. The van der Waals surface area contributed by atoms with E-state index in [-0.39, 0.29) is 25.5 Å². The zero-order valence-electron chi connectivity index (χ0n) is 19.3. The minimum atomic E-state index is -1.09. The summed E-state index contributed by atoms with van der Waals surface area (Å²) in [6.45, 7) is 5.17. The standard InChI is InChI=1S/C25H30N2O6/c1-25(2,3)26-21(28)15-33-14-16(13-22(29)30)27(24(31)32-4)23-19-11-7-5-9-17(19)18-10-6-8-12-20(18)23/h5-12,16,23H,13-15H2,1-4H3,(H,26,28)(H,29,30)/t16-/m0/s1. The van der Waals surface area contributed by atoms with Crippen LogP contribution in [0.25, 0.3) is 11.1 Å². The van der Waals surface area contributed by atoms with Crippen LogP contribution in [0.15, 0.2) is 48.5 Å². The summed E-state index contributed by atoms with van der Waals surface area (Å²) in [4.78, 5) is 38.3. The van der Waals surface area contributed by atoms with Crippen LogP contribution >= 0.6 is 0 Å². The van der Waals surface area contributed by atoms with E-state index in [1.54, 1.807) is 0 Å². The molecule has 0 aromatic heterocycles. The van der Waals surface area contributed by atoms with Crippen molar-refractivity contribution in [1.29, 1.82) is 0 Å². The highest BCUT2D eigenvalue weighted by Crippen LogP contribution is 2.47. The maximum Gasteiger partial charge on any atom is 0.410 e. The number of ether oxygens (including phenoxy) is 2. The van der Waals surface area contributed by atoms with Crippen molar-refractivity contribution in [3.8, 4) is 11.1 Å². The molecule has 0 aliphatic heterocycles. The van der Waals surface area contributed by atoms with Gasteiger partial charge in [-0.3, -0.25) is 14.5 Å². The normalized spacial score (nSPS) is 13.6. The van der Waals surface area contributed by atoms with Crippen LogP contribution in [0.4, 0.5) is 4.79 Å². The van der Waals surface area contributed by atoms with Crippen LogP contribution in [0.5, 0.6) is 0 Å². The van der Waals surface area contributed by atoms with E-state index in [4.69, 9.17) is 9.47 Å². The van der Waals surface area contributed by atoms with E-state index < -0.39 is 29.7 Å². The first-order valence-electron chi connectivity index (χ1n) is 10.8. The lowest BCUT2D eigenvalue weighted by Gasteiger charge is -2.35. The first-order chi connectivity index (χ1) is 15.6. The highest BCUT2D eigenvalue weighted by Gasteiger charge is 2.40. The highest BCUT2D eigenvalue weighted by atomic mass is 16.5. The molecule has 0 fully saturated rings. The fourth-order valence-electron chi connectivity index (χ4n) is 4.18. The number of rotatable bonds is 8. The van der Waals surface area contributed by atoms with Gasteiger partial charge in [-0.2, -0.15) is 0 Å². The van der Waals surface area contributed by atoms with E-state index in [0.29, 0.717) is 0 Å². The summed E-state index contributed by atoms with van der Waals surface area (Å²) >= 11 is 0. The molecule has 2 N–H and O–H groups in total. The SMILES string of the molecule is COC(=O)N(C1c2ccccc2-c2ccccc21)[C@H](COCC(=O)NC(C)(C)C)CC(=O)O. The number of nitrogens with one attached hydrogen (secondary N) is 1. The number of aliphatic carboxylic acids is 1. The Morgan fingerprint density at radius 2 is 1.58 bits per heavy atom. The Balaban J connectivity index is 1.93. The number of hydrogen-bond acceptors (Lipinski definition) is 5. The molecule has 1 aliphatic carbocycles. The van der Waals surface area contributed by atoms with E-state index in [1.807, 2.05) is 69.3 Å². The van der Waals surface area contributed by atoms with Crippen LogP contribution in [0, 0.1) is 0 Å². The molecule has 3 rings (SSSR count). The number of carboxylic acids is 1. The van der Waals surface area contributed by atoms with Crippen LogP contribution in [-0.2, 0) is 19.1 Å². The van der Waals surface area contributed by atoms with Crippen molar-refractivity contribution in [3.05, 3.63) is 59.7 Å². The average Bonchev–Trinajstić information content (AvgIpc) is 3.06. The number of fused-ring (bicyclic) bond motifs is 3. The van der Waals surface area contributed by atoms with Gasteiger partial charge in [-0.1, -0.05) is 48.5 Å². The fraction of sp³-hybridized carbons (Fsp3) is 0.400. The van der Waals surface area contributed by atoms with E-state index in [9.17, 15) is 19.5 Å². The van der Waals surface area contributed by atoms with Gasteiger partial charge in [0.15, 0.2) is 0 Å². The summed E-state index contributed by atoms with van der Waals surface area (Å²) in [7, 11) is 1.26. The number of nitrogens with zero attached hydrogens (tertiary/aromatic N) is 1. The van der Waals surface area contributed by atoms with Crippen molar-refractivity contribution in [2.75, 3.05) is 20.3 Å². The van der Waals surface area contributed by atoms with Gasteiger partial charge in [0.25, 0.3) is 0 Å². The Morgan fingerprint density at radius 1 is 1.03 bits per heavy atom. The minimum absolute atomic E-state index is 0.139. The molecule has 0 spiro atoms. The number of carbonyl (C=O) groups is 3. The van der Waals surface area contributed by atoms with Gasteiger partial charge in [0.2, 0.25) is 5.91 Å². The van der Waals surface area contributed by atoms with Crippen molar-refractivity contribution in [1.82, 2.24) is 10.2 Å². The van der Waals surface area contributed by atoms with Gasteiger partial charge in [-0.05, 0) is 43.0 Å². The second-order valence-electron chi connectivity index (χ2n) is 9.02. The molecule has 8 heteroatoms. The highest BCUT2D eigenvalue weighted by molar-refractivity contribution is 5.82. The maximum absolute atomic E-state index is 13.0. The molecule has 0 bridgehead atoms. The van der Waals surface area contributed by atoms with Gasteiger partial charge in [0.05, 0.1) is 32.2 Å². The molecule has 33 heavy (non-hydrogen) atoms. The van der Waals surface area contributed by atoms with Crippen LogP contribution in [0.1, 0.15) is 44.4 Å². The zero-order chi connectivity index (χ0) is 24.2. The van der Waals surface area contributed by atoms with Crippen LogP contribution in [0.3, 0.4) is 0 Å². The molecule has 1 atom stereocenters. The number of methoxy groups -OCH3 is 1. The van der Waals surface area contributed by atoms with Crippen molar-refractivity contribution in [2.45, 2.75) is 44.8 Å². The first kappa shape index (κ1) is 24.3. The Bertz CT molecular complexity index is 984. The molecule has 2 aromatic carbocycles. The largest absolute Gasteiger partial charge is 0.481 e. The quantitative estimate of drug-likeness (QED) is 0.632. The van der Waals surface area contributed by atoms with E-state index in [2.05, 4.69) is 5.32 Å². The average molecular weight is 455 g/mol. The summed E-state index contributed by atoms with van der Waals surface area (Å²) in [5, 5.41) is 12.4. The van der Waals surface area contributed by atoms with Gasteiger partial charge in [-0.25, -0.2) is 4.79 Å². The second kappa shape index (κ2) is 10.0. The van der Waals surface area contributed by atoms with Gasteiger partial charge < -0.3 is 19.9 Å². The smallest absolute Gasteiger partial charge is 0.410 e. The summed E-state index contributed by atoms with van der Waals surface area (Å²) in [5.41, 5.74) is 3.30. The number of carbonyl (C=O) groups excluding carboxylic acids is 2. The molecule has 0 heterocycles. The molecule has 0 radical (unpaired) electrons. The Kier molecular flexibility index (Phi) is 7.38. The van der Waals surface area contributed by atoms with Crippen LogP contribution < -0.4 is 5.32 Å². The monoisotopic (exact) mass is 454 g/mol. The van der Waals surface area contributed by atoms with Crippen molar-refractivity contribution in [2.24, 2.45) is 0 Å². The lowest BCUT2D eigenvalue weighted by molar-refractivity contribution is -0.139. The van der Waals surface area contributed by atoms with E-state index in [0.717, 1.165) is 22.3 Å². The molecule has 0 saturated carbocycles. The van der Waals surface area contributed by atoms with Crippen molar-refractivity contribution < 1.29 is 29.0 Å². The van der Waals surface area contributed by atoms with Gasteiger partial charge in [0, 0.05) is 5.54 Å². The lowest BCUT2D eigenvalue weighted by atomic mass is 10.0. The third-order valence-corrected chi connectivity index (χ3v) is 5.33. The van der Waals surface area contributed by atoms with Crippen molar-refractivity contribution in [3.63, 3.8) is 0 Å². The molecule has 2 aromatic rings. The summed E-state index contributed by atoms with van der Waals surface area (Å²) in [6, 6.07) is 14.0. The molecular weight excluding hydrogens is 424 g/mol. The van der Waals surface area contributed by atoms with E-state index >= 15 is 0 Å². The molecule has 8 nitrogen and oxygen atoms in total. The Hall–Kier alpha value is -3.39. The molecule has 2 amide bonds. The zero-order valence-corrected chi connectivity index (χ0v) is 19.3. The van der Waals surface area contributed by atoms with E-state index in [1.165, 1.54) is 12.0 Å². The fourth-order valence-corrected chi connectivity index (χ4v) is 4.18. The van der Waals surface area contributed by atoms with Gasteiger partial charge >= 0.3 is 12.1 Å². The van der Waals surface area contributed by atoms with Gasteiger partial charge in [-0.15, -0.1) is 0 Å². The number of hydrogen-bond donors (Lipinski definition) is 2. The molecule has 0 saturated heterocycles. The molecule has 1 aliphatic rings. The molecular formula is C25H30N2O6. The Morgan fingerprint density at radius 3 is 2.06 bits per heavy atom. The predicted octanol–water partition coefficient (Wildman–Crippen LogP) is 3.60. The lowest BCUT2D eigenvalue weighted by Crippen LogP contribution is -2.47. The van der Waals surface area contributed by atoms with Crippen LogP contribution in [-0.4, -0.2) is 59.9 Å². The van der Waals surface area contributed by atoms with Crippen LogP contribution in [0.2, 0.25) is 0 Å². The summed E-state index contributed by atoms with van der Waals surface area (Å²) in [6.07, 6.45) is -1.03. The van der Waals surface area contributed by atoms with Crippen molar-refractivity contribution >= 4 is 18.0 Å². The molecule has 0 unspecified atom stereocenters. The minimum Gasteiger partial charge on any atom is -0.481 e. The Labute approximate surface area is 193 Å². The third-order valence-electron chi connectivity index (χ3n) is 5.33. The predicted molar refractivity (Wildman–Crippen MR) is 123 cm³/mol. The number of carboxylic acid groups (broad SMARTS) is 1. The summed E-state index contributed by atoms with van der Waals surface area (Å²) < 4.78 is 10.7. The topological polar surface area (TPSA) is 105 Å². The maximum atomic E-state index is 13.0. The summed E-state index contributed by atoms with van der Waals surface area (Å²) in [5.74, 6) is -1.41. The first-order valence-corrected chi connectivity index (χ1v) is 10.8. The van der Waals surface area contributed by atoms with Gasteiger partial charge in [0.1, 0.15) is 6.61 Å².